The largest absolute Gasteiger partial charge is 0.504 e. The van der Waals surface area contributed by atoms with E-state index in [1.54, 1.807) is 13.2 Å². The van der Waals surface area contributed by atoms with E-state index in [2.05, 4.69) is 26.0 Å². The van der Waals surface area contributed by atoms with Gasteiger partial charge in [-0.3, -0.25) is 0 Å². The molecule has 0 amide bonds. The molecule has 0 aromatic heterocycles. The summed E-state index contributed by atoms with van der Waals surface area (Å²) < 4.78 is 5.20. The second-order valence-electron chi connectivity index (χ2n) is 5.72. The van der Waals surface area contributed by atoms with Gasteiger partial charge in [-0.2, -0.15) is 0 Å². The van der Waals surface area contributed by atoms with Gasteiger partial charge in [-0.1, -0.05) is 43.6 Å². The van der Waals surface area contributed by atoms with Crippen molar-refractivity contribution in [2.45, 2.75) is 38.5 Å². The number of methoxy groups -OCH3 is 1. The summed E-state index contributed by atoms with van der Waals surface area (Å²) in [5.74, 6) is 1.59. The second-order valence-corrected chi connectivity index (χ2v) is 6.16. The average Bonchev–Trinajstić information content (AvgIpc) is 2.53. The molecule has 22 heavy (non-hydrogen) atoms. The minimum Gasteiger partial charge on any atom is -0.504 e. The number of phenols is 1. The molecule has 2 nitrogen and oxygen atoms in total. The van der Waals surface area contributed by atoms with Crippen LogP contribution in [0.2, 0.25) is 5.02 Å². The Labute approximate surface area is 137 Å². The van der Waals surface area contributed by atoms with E-state index in [1.807, 2.05) is 24.3 Å². The highest BCUT2D eigenvalue weighted by Gasteiger charge is 2.16. The predicted octanol–water partition coefficient (Wildman–Crippen LogP) is 5.74. The molecule has 0 aliphatic rings. The van der Waals surface area contributed by atoms with E-state index < -0.39 is 0 Å². The number of ether oxygens (including phenoxy) is 1. The fourth-order valence-electron chi connectivity index (χ4n) is 2.84. The maximum atomic E-state index is 9.71. The number of hydrogen-bond donors (Lipinski definition) is 1. The normalized spacial score (nSPS) is 13.6. The summed E-state index contributed by atoms with van der Waals surface area (Å²) in [6.45, 7) is 4.42. The van der Waals surface area contributed by atoms with Crippen LogP contribution in [0.1, 0.15) is 49.7 Å². The lowest BCUT2D eigenvalue weighted by Gasteiger charge is -2.21. The fourth-order valence-corrected chi connectivity index (χ4v) is 2.96. The summed E-state index contributed by atoms with van der Waals surface area (Å²) in [4.78, 5) is 0. The van der Waals surface area contributed by atoms with Crippen molar-refractivity contribution in [2.75, 3.05) is 7.11 Å². The maximum absolute atomic E-state index is 9.71. The lowest BCUT2D eigenvalue weighted by Crippen LogP contribution is -2.04. The zero-order valence-corrected chi connectivity index (χ0v) is 14.1. The molecule has 2 aromatic carbocycles. The summed E-state index contributed by atoms with van der Waals surface area (Å²) >= 11 is 5.97. The van der Waals surface area contributed by atoms with Crippen LogP contribution >= 0.6 is 11.6 Å². The van der Waals surface area contributed by atoms with Gasteiger partial charge in [0.25, 0.3) is 0 Å². The van der Waals surface area contributed by atoms with Crippen LogP contribution in [0, 0.1) is 0 Å². The Hall–Kier alpha value is -1.67. The zero-order valence-electron chi connectivity index (χ0n) is 13.3. The molecule has 0 fully saturated rings. The van der Waals surface area contributed by atoms with Gasteiger partial charge < -0.3 is 9.84 Å². The average molecular weight is 319 g/mol. The molecule has 0 saturated heterocycles. The molecule has 3 heteroatoms. The van der Waals surface area contributed by atoms with Crippen LogP contribution in [0.3, 0.4) is 0 Å². The van der Waals surface area contributed by atoms with Crippen molar-refractivity contribution >= 4 is 11.6 Å². The van der Waals surface area contributed by atoms with Crippen LogP contribution in [0.5, 0.6) is 11.5 Å². The molecule has 0 heterocycles. The molecular weight excluding hydrogens is 296 g/mol. The van der Waals surface area contributed by atoms with Gasteiger partial charge in [0, 0.05) is 5.02 Å². The van der Waals surface area contributed by atoms with Gasteiger partial charge in [-0.05, 0) is 60.1 Å². The Kier molecular flexibility index (Phi) is 5.73. The Morgan fingerprint density at radius 2 is 1.73 bits per heavy atom. The highest BCUT2D eigenvalue weighted by Crippen LogP contribution is 2.35. The van der Waals surface area contributed by atoms with Gasteiger partial charge in [-0.15, -0.1) is 0 Å². The number of phenolic OH excluding ortho intramolecular Hbond substituents is 1. The third-order valence-corrected chi connectivity index (χ3v) is 4.50. The minimum absolute atomic E-state index is 0.184. The molecule has 118 valence electrons. The van der Waals surface area contributed by atoms with E-state index in [9.17, 15) is 5.11 Å². The van der Waals surface area contributed by atoms with Crippen molar-refractivity contribution < 1.29 is 9.84 Å². The topological polar surface area (TPSA) is 29.5 Å². The monoisotopic (exact) mass is 318 g/mol. The van der Waals surface area contributed by atoms with E-state index >= 15 is 0 Å². The molecule has 0 radical (unpaired) electrons. The van der Waals surface area contributed by atoms with Crippen LogP contribution in [-0.2, 0) is 0 Å². The molecule has 0 aliphatic carbocycles. The van der Waals surface area contributed by atoms with Crippen molar-refractivity contribution in [3.63, 3.8) is 0 Å². The Morgan fingerprint density at radius 1 is 1.09 bits per heavy atom. The van der Waals surface area contributed by atoms with Crippen LogP contribution in [0.25, 0.3) is 0 Å². The standard InChI is InChI=1S/C19H23ClO2/c1-4-14(15-5-8-17(20)9-6-15)11-13(2)16-7-10-18(21)19(12-16)22-3/h5-10,12-14,21H,4,11H2,1-3H3. The lowest BCUT2D eigenvalue weighted by molar-refractivity contribution is 0.372. The minimum atomic E-state index is 0.184. The first-order chi connectivity index (χ1) is 10.5. The SMILES string of the molecule is CCC(CC(C)c1ccc(O)c(OC)c1)c1ccc(Cl)cc1. The van der Waals surface area contributed by atoms with Crippen LogP contribution in [0.15, 0.2) is 42.5 Å². The van der Waals surface area contributed by atoms with E-state index in [4.69, 9.17) is 16.3 Å². The molecule has 0 bridgehead atoms. The zero-order chi connectivity index (χ0) is 16.1. The number of hydrogen-bond acceptors (Lipinski definition) is 2. The molecule has 2 unspecified atom stereocenters. The molecular formula is C19H23ClO2. The molecule has 0 spiro atoms. The van der Waals surface area contributed by atoms with E-state index in [-0.39, 0.29) is 5.75 Å². The molecule has 0 saturated carbocycles. The fraction of sp³-hybridized carbons (Fsp3) is 0.368. The molecule has 0 aliphatic heterocycles. The smallest absolute Gasteiger partial charge is 0.160 e. The maximum Gasteiger partial charge on any atom is 0.160 e. The van der Waals surface area contributed by atoms with Crippen molar-refractivity contribution in [2.24, 2.45) is 0 Å². The van der Waals surface area contributed by atoms with Gasteiger partial charge >= 0.3 is 0 Å². The summed E-state index contributed by atoms with van der Waals surface area (Å²) in [6, 6.07) is 13.7. The van der Waals surface area contributed by atoms with E-state index in [0.29, 0.717) is 17.6 Å². The van der Waals surface area contributed by atoms with Crippen molar-refractivity contribution in [3.05, 3.63) is 58.6 Å². The third-order valence-electron chi connectivity index (χ3n) is 4.25. The molecule has 2 rings (SSSR count). The first-order valence-corrected chi connectivity index (χ1v) is 8.05. The number of rotatable bonds is 6. The first kappa shape index (κ1) is 16.7. The second kappa shape index (κ2) is 7.55. The molecule has 2 aromatic rings. The Bertz CT molecular complexity index is 607. The summed E-state index contributed by atoms with van der Waals surface area (Å²) in [6.07, 6.45) is 2.13. The Balaban J connectivity index is 2.15. The van der Waals surface area contributed by atoms with Crippen LogP contribution in [-0.4, -0.2) is 12.2 Å². The quantitative estimate of drug-likeness (QED) is 0.735. The van der Waals surface area contributed by atoms with Gasteiger partial charge in [0.15, 0.2) is 11.5 Å². The summed E-state index contributed by atoms with van der Waals surface area (Å²) in [7, 11) is 1.58. The summed E-state index contributed by atoms with van der Waals surface area (Å²) in [5.41, 5.74) is 2.51. The van der Waals surface area contributed by atoms with Crippen LogP contribution < -0.4 is 4.74 Å². The highest BCUT2D eigenvalue weighted by atomic mass is 35.5. The Morgan fingerprint density at radius 3 is 2.32 bits per heavy atom. The number of benzene rings is 2. The van der Waals surface area contributed by atoms with Gasteiger partial charge in [0.05, 0.1) is 7.11 Å². The number of aromatic hydroxyl groups is 1. The highest BCUT2D eigenvalue weighted by molar-refractivity contribution is 6.30. The first-order valence-electron chi connectivity index (χ1n) is 7.67. The lowest BCUT2D eigenvalue weighted by atomic mass is 9.84. The van der Waals surface area contributed by atoms with Crippen LogP contribution in [0.4, 0.5) is 0 Å². The van der Waals surface area contributed by atoms with Crippen molar-refractivity contribution in [1.29, 1.82) is 0 Å². The van der Waals surface area contributed by atoms with Crippen molar-refractivity contribution in [3.8, 4) is 11.5 Å². The van der Waals surface area contributed by atoms with Gasteiger partial charge in [0.2, 0.25) is 0 Å². The van der Waals surface area contributed by atoms with E-state index in [0.717, 1.165) is 17.9 Å². The van der Waals surface area contributed by atoms with E-state index in [1.165, 1.54) is 11.1 Å². The molecule has 1 N–H and O–H groups in total. The summed E-state index contributed by atoms with van der Waals surface area (Å²) in [5, 5.41) is 10.5. The van der Waals surface area contributed by atoms with Gasteiger partial charge in [-0.25, -0.2) is 0 Å². The molecule has 2 atom stereocenters. The van der Waals surface area contributed by atoms with Gasteiger partial charge in [0.1, 0.15) is 0 Å². The van der Waals surface area contributed by atoms with Crippen molar-refractivity contribution in [1.82, 2.24) is 0 Å². The third kappa shape index (κ3) is 3.95. The predicted molar refractivity (Wildman–Crippen MR) is 92.2 cm³/mol. The number of halogens is 1.